The Labute approximate surface area is 120 Å². The second kappa shape index (κ2) is 6.57. The highest BCUT2D eigenvalue weighted by atomic mass is 16.4. The van der Waals surface area contributed by atoms with Crippen LogP contribution in [0.3, 0.4) is 0 Å². The van der Waals surface area contributed by atoms with Crippen LogP contribution >= 0.6 is 0 Å². The van der Waals surface area contributed by atoms with Gasteiger partial charge >= 0.3 is 5.97 Å². The van der Waals surface area contributed by atoms with Gasteiger partial charge in [0.1, 0.15) is 0 Å². The van der Waals surface area contributed by atoms with E-state index in [1.165, 1.54) is 25.7 Å². The maximum atomic E-state index is 12.1. The second-order valence-electron chi connectivity index (χ2n) is 6.61. The van der Waals surface area contributed by atoms with E-state index in [1.807, 2.05) is 0 Å². The van der Waals surface area contributed by atoms with Crippen LogP contribution in [-0.2, 0) is 9.59 Å². The predicted molar refractivity (Wildman–Crippen MR) is 76.4 cm³/mol. The standard InChI is InChI=1S/C15H26N2O3/c1-15(6-2-3-7-15)11-16-10-13(18)17-8-4-12(5-9-17)14(19)20/h12,16H,2-11H2,1H3,(H,19,20). The van der Waals surface area contributed by atoms with Gasteiger partial charge in [0, 0.05) is 19.6 Å². The number of nitrogens with zero attached hydrogens (tertiary/aromatic N) is 1. The third-order valence-corrected chi connectivity index (χ3v) is 4.84. The lowest BCUT2D eigenvalue weighted by atomic mass is 9.89. The largest absolute Gasteiger partial charge is 0.481 e. The zero-order valence-corrected chi connectivity index (χ0v) is 12.4. The minimum absolute atomic E-state index is 0.107. The quantitative estimate of drug-likeness (QED) is 0.801. The summed E-state index contributed by atoms with van der Waals surface area (Å²) in [5, 5.41) is 12.2. The van der Waals surface area contributed by atoms with Crippen molar-refractivity contribution in [1.82, 2.24) is 10.2 Å². The van der Waals surface area contributed by atoms with Crippen LogP contribution in [0.4, 0.5) is 0 Å². The molecule has 0 aromatic heterocycles. The van der Waals surface area contributed by atoms with E-state index in [2.05, 4.69) is 12.2 Å². The summed E-state index contributed by atoms with van der Waals surface area (Å²) in [6.45, 7) is 4.73. The van der Waals surface area contributed by atoms with Gasteiger partial charge in [-0.25, -0.2) is 0 Å². The fourth-order valence-corrected chi connectivity index (χ4v) is 3.36. The van der Waals surface area contributed by atoms with Gasteiger partial charge in [-0.1, -0.05) is 19.8 Å². The molecule has 1 amide bonds. The summed E-state index contributed by atoms with van der Waals surface area (Å²) < 4.78 is 0. The van der Waals surface area contributed by atoms with E-state index in [0.717, 1.165) is 6.54 Å². The van der Waals surface area contributed by atoms with Crippen molar-refractivity contribution in [2.45, 2.75) is 45.4 Å². The van der Waals surface area contributed by atoms with Crippen molar-refractivity contribution in [2.24, 2.45) is 11.3 Å². The van der Waals surface area contributed by atoms with Crippen LogP contribution < -0.4 is 5.32 Å². The van der Waals surface area contributed by atoms with Crippen molar-refractivity contribution < 1.29 is 14.7 Å². The van der Waals surface area contributed by atoms with Crippen LogP contribution in [0.2, 0.25) is 0 Å². The number of carbonyl (C=O) groups excluding carboxylic acids is 1. The maximum Gasteiger partial charge on any atom is 0.306 e. The van der Waals surface area contributed by atoms with Crippen molar-refractivity contribution in [1.29, 1.82) is 0 Å². The van der Waals surface area contributed by atoms with Crippen LogP contribution in [0.1, 0.15) is 45.4 Å². The van der Waals surface area contributed by atoms with Crippen LogP contribution in [-0.4, -0.2) is 48.1 Å². The summed E-state index contributed by atoms with van der Waals surface area (Å²) in [6, 6.07) is 0. The molecular formula is C15H26N2O3. The highest BCUT2D eigenvalue weighted by molar-refractivity contribution is 5.78. The van der Waals surface area contributed by atoms with Gasteiger partial charge in [-0.05, 0) is 31.1 Å². The molecule has 20 heavy (non-hydrogen) atoms. The molecule has 0 bridgehead atoms. The second-order valence-corrected chi connectivity index (χ2v) is 6.61. The summed E-state index contributed by atoms with van der Waals surface area (Å²) in [5.41, 5.74) is 0.358. The number of nitrogens with one attached hydrogen (secondary N) is 1. The summed E-state index contributed by atoms with van der Waals surface area (Å²) in [7, 11) is 0. The maximum absolute atomic E-state index is 12.1. The lowest BCUT2D eigenvalue weighted by Gasteiger charge is -2.31. The molecular weight excluding hydrogens is 256 g/mol. The average Bonchev–Trinajstić information content (AvgIpc) is 2.85. The highest BCUT2D eigenvalue weighted by Gasteiger charge is 2.29. The molecule has 2 rings (SSSR count). The van der Waals surface area contributed by atoms with Crippen molar-refractivity contribution >= 4 is 11.9 Å². The number of likely N-dealkylation sites (tertiary alicyclic amines) is 1. The van der Waals surface area contributed by atoms with E-state index in [-0.39, 0.29) is 11.8 Å². The molecule has 0 unspecified atom stereocenters. The third-order valence-electron chi connectivity index (χ3n) is 4.84. The Bertz CT molecular complexity index is 356. The van der Waals surface area contributed by atoms with Gasteiger partial charge in [0.25, 0.3) is 0 Å². The Hall–Kier alpha value is -1.10. The van der Waals surface area contributed by atoms with E-state index in [4.69, 9.17) is 5.11 Å². The Morgan fingerprint density at radius 1 is 1.25 bits per heavy atom. The molecule has 0 radical (unpaired) electrons. The number of aliphatic carboxylic acids is 1. The average molecular weight is 282 g/mol. The van der Waals surface area contributed by atoms with E-state index < -0.39 is 5.97 Å². The van der Waals surface area contributed by atoms with Crippen molar-refractivity contribution in [3.8, 4) is 0 Å². The number of hydrogen-bond acceptors (Lipinski definition) is 3. The number of carboxylic acid groups (broad SMARTS) is 1. The van der Waals surface area contributed by atoms with Crippen LogP contribution in [0.25, 0.3) is 0 Å². The summed E-state index contributed by atoms with van der Waals surface area (Å²) in [6.07, 6.45) is 6.26. The molecule has 0 spiro atoms. The van der Waals surface area contributed by atoms with Gasteiger partial charge in [-0.15, -0.1) is 0 Å². The molecule has 1 aliphatic heterocycles. The molecule has 2 aliphatic rings. The normalized spacial score (nSPS) is 22.9. The van der Waals surface area contributed by atoms with Gasteiger partial charge in [-0.2, -0.15) is 0 Å². The van der Waals surface area contributed by atoms with E-state index in [9.17, 15) is 9.59 Å². The number of rotatable bonds is 5. The van der Waals surface area contributed by atoms with Crippen molar-refractivity contribution in [3.63, 3.8) is 0 Å². The van der Waals surface area contributed by atoms with Crippen LogP contribution in [0.15, 0.2) is 0 Å². The number of amides is 1. The molecule has 5 nitrogen and oxygen atoms in total. The van der Waals surface area contributed by atoms with Crippen molar-refractivity contribution in [2.75, 3.05) is 26.2 Å². The lowest BCUT2D eigenvalue weighted by molar-refractivity contribution is -0.145. The molecule has 1 aliphatic carbocycles. The summed E-state index contributed by atoms with van der Waals surface area (Å²) in [5.74, 6) is -0.899. The van der Waals surface area contributed by atoms with Gasteiger partial charge in [0.15, 0.2) is 0 Å². The zero-order valence-electron chi connectivity index (χ0n) is 12.4. The predicted octanol–water partition coefficient (Wildman–Crippen LogP) is 1.48. The fraction of sp³-hybridized carbons (Fsp3) is 0.867. The molecule has 1 saturated heterocycles. The Morgan fingerprint density at radius 2 is 1.85 bits per heavy atom. The first-order valence-electron chi connectivity index (χ1n) is 7.71. The van der Waals surface area contributed by atoms with Gasteiger partial charge in [0.05, 0.1) is 12.5 Å². The molecule has 5 heteroatoms. The first-order chi connectivity index (χ1) is 9.50. The molecule has 1 heterocycles. The Balaban J connectivity index is 1.67. The SMILES string of the molecule is CC1(CNCC(=O)N2CCC(C(=O)O)CC2)CCCC1. The Morgan fingerprint density at radius 3 is 2.40 bits per heavy atom. The summed E-state index contributed by atoms with van der Waals surface area (Å²) in [4.78, 5) is 24.7. The van der Waals surface area contributed by atoms with E-state index >= 15 is 0 Å². The smallest absolute Gasteiger partial charge is 0.306 e. The minimum Gasteiger partial charge on any atom is -0.481 e. The van der Waals surface area contributed by atoms with Crippen LogP contribution in [0, 0.1) is 11.3 Å². The molecule has 2 N–H and O–H groups in total. The topological polar surface area (TPSA) is 69.6 Å². The first-order valence-corrected chi connectivity index (χ1v) is 7.71. The van der Waals surface area contributed by atoms with E-state index in [0.29, 0.717) is 37.9 Å². The first kappa shape index (κ1) is 15.3. The molecule has 1 saturated carbocycles. The lowest BCUT2D eigenvalue weighted by Crippen LogP contribution is -2.45. The zero-order chi connectivity index (χ0) is 14.6. The van der Waals surface area contributed by atoms with Gasteiger partial charge < -0.3 is 15.3 Å². The molecule has 2 fully saturated rings. The monoisotopic (exact) mass is 282 g/mol. The molecule has 114 valence electrons. The highest BCUT2D eigenvalue weighted by Crippen LogP contribution is 2.36. The number of piperidine rings is 1. The summed E-state index contributed by atoms with van der Waals surface area (Å²) >= 11 is 0. The molecule has 0 atom stereocenters. The van der Waals surface area contributed by atoms with Crippen LogP contribution in [0.5, 0.6) is 0 Å². The van der Waals surface area contributed by atoms with Gasteiger partial charge in [-0.3, -0.25) is 9.59 Å². The Kier molecular flexibility index (Phi) is 5.02. The fourth-order valence-electron chi connectivity index (χ4n) is 3.36. The van der Waals surface area contributed by atoms with Gasteiger partial charge in [0.2, 0.25) is 5.91 Å². The minimum atomic E-state index is -0.732. The van der Waals surface area contributed by atoms with E-state index in [1.54, 1.807) is 4.90 Å². The third kappa shape index (κ3) is 3.95. The number of hydrogen-bond donors (Lipinski definition) is 2. The number of carbonyl (C=O) groups is 2. The molecule has 0 aromatic carbocycles. The molecule has 0 aromatic rings. The van der Waals surface area contributed by atoms with Crippen molar-refractivity contribution in [3.05, 3.63) is 0 Å². The number of carboxylic acids is 1.